The van der Waals surface area contributed by atoms with Gasteiger partial charge in [-0.1, -0.05) is 17.7 Å². The first-order valence-electron chi connectivity index (χ1n) is 7.93. The average molecular weight is 302 g/mol. The van der Waals surface area contributed by atoms with Gasteiger partial charge in [-0.15, -0.1) is 0 Å². The van der Waals surface area contributed by atoms with Crippen LogP contribution in [-0.2, 0) is 7.05 Å². The number of aryl methyl sites for hydroxylation is 3. The number of benzene rings is 2. The second-order valence-corrected chi connectivity index (χ2v) is 6.41. The van der Waals surface area contributed by atoms with E-state index in [1.807, 2.05) is 6.07 Å². The summed E-state index contributed by atoms with van der Waals surface area (Å²) in [5, 5.41) is 3.72. The van der Waals surface area contributed by atoms with Crippen molar-refractivity contribution in [1.29, 1.82) is 0 Å². The predicted octanol–water partition coefficient (Wildman–Crippen LogP) is 5.00. The number of pyridine rings is 1. The highest BCUT2D eigenvalue weighted by molar-refractivity contribution is 5.96. The van der Waals surface area contributed by atoms with E-state index in [-0.39, 0.29) is 0 Å². The Balaban J connectivity index is 2.14. The van der Waals surface area contributed by atoms with Gasteiger partial charge in [-0.3, -0.25) is 0 Å². The summed E-state index contributed by atoms with van der Waals surface area (Å²) in [5.74, 6) is 0. The van der Waals surface area contributed by atoms with Gasteiger partial charge in [0, 0.05) is 18.4 Å². The highest BCUT2D eigenvalue weighted by Crippen LogP contribution is 2.32. The quantitative estimate of drug-likeness (QED) is 0.452. The number of fused-ring (bicyclic) bond motifs is 2. The predicted molar refractivity (Wildman–Crippen MR) is 94.5 cm³/mol. The molecule has 4 aromatic rings. The molecule has 2 heterocycles. The lowest BCUT2D eigenvalue weighted by Crippen LogP contribution is -2.35. The lowest BCUT2D eigenvalue weighted by molar-refractivity contribution is -0.665. The molecule has 2 heteroatoms. The first-order valence-corrected chi connectivity index (χ1v) is 7.93. The van der Waals surface area contributed by atoms with Crippen LogP contribution in [0, 0.1) is 20.8 Å². The zero-order chi connectivity index (χ0) is 16.1. The van der Waals surface area contributed by atoms with Crippen molar-refractivity contribution in [2.24, 2.45) is 7.05 Å². The molecule has 4 rings (SSSR count). The van der Waals surface area contributed by atoms with Crippen LogP contribution < -0.4 is 4.57 Å². The molecule has 114 valence electrons. The van der Waals surface area contributed by atoms with Crippen LogP contribution in [0.5, 0.6) is 0 Å². The third kappa shape index (κ3) is 2.14. The maximum atomic E-state index is 5.63. The van der Waals surface area contributed by atoms with E-state index in [0.717, 1.165) is 11.0 Å². The van der Waals surface area contributed by atoms with Crippen LogP contribution in [0.15, 0.2) is 53.1 Å². The Labute approximate surface area is 136 Å². The van der Waals surface area contributed by atoms with Gasteiger partial charge in [0.15, 0.2) is 5.69 Å². The zero-order valence-corrected chi connectivity index (χ0v) is 14.0. The van der Waals surface area contributed by atoms with Gasteiger partial charge in [0.2, 0.25) is 5.69 Å². The van der Waals surface area contributed by atoms with Crippen molar-refractivity contribution in [2.45, 2.75) is 20.8 Å². The van der Waals surface area contributed by atoms with Crippen LogP contribution in [0.4, 0.5) is 0 Å². The second-order valence-electron chi connectivity index (χ2n) is 6.41. The Bertz CT molecular complexity index is 1060. The summed E-state index contributed by atoms with van der Waals surface area (Å²) in [7, 11) is 2.13. The Morgan fingerprint density at radius 1 is 0.870 bits per heavy atom. The van der Waals surface area contributed by atoms with E-state index in [2.05, 4.69) is 68.8 Å². The lowest BCUT2D eigenvalue weighted by Gasteiger charge is -2.10. The van der Waals surface area contributed by atoms with Gasteiger partial charge in [0.05, 0.1) is 17.2 Å². The molecule has 0 spiro atoms. The zero-order valence-electron chi connectivity index (χ0n) is 14.0. The van der Waals surface area contributed by atoms with Crippen LogP contribution in [0.1, 0.15) is 16.8 Å². The minimum Gasteiger partial charge on any atom is -0.464 e. The molecule has 0 amide bonds. The van der Waals surface area contributed by atoms with Crippen molar-refractivity contribution in [3.63, 3.8) is 0 Å². The Hall–Kier alpha value is -2.61. The molecule has 0 N–H and O–H groups in total. The first-order chi connectivity index (χ1) is 11.0. The van der Waals surface area contributed by atoms with E-state index in [4.69, 9.17) is 4.42 Å². The normalized spacial score (nSPS) is 11.5. The second kappa shape index (κ2) is 4.95. The third-order valence-corrected chi connectivity index (χ3v) is 4.75. The summed E-state index contributed by atoms with van der Waals surface area (Å²) >= 11 is 0. The molecule has 2 aromatic carbocycles. The van der Waals surface area contributed by atoms with Crippen LogP contribution >= 0.6 is 0 Å². The molecule has 0 bridgehead atoms. The minimum absolute atomic E-state index is 0.937. The van der Waals surface area contributed by atoms with Gasteiger partial charge >= 0.3 is 0 Å². The molecule has 0 aliphatic heterocycles. The maximum Gasteiger partial charge on any atom is 0.220 e. The average Bonchev–Trinajstić information content (AvgIpc) is 2.95. The summed E-state index contributed by atoms with van der Waals surface area (Å²) < 4.78 is 7.90. The van der Waals surface area contributed by atoms with E-state index < -0.39 is 0 Å². The number of aromatic nitrogens is 1. The molecule has 0 radical (unpaired) electrons. The summed E-state index contributed by atoms with van der Waals surface area (Å²) in [4.78, 5) is 0. The molecule has 0 fully saturated rings. The molecule has 0 saturated heterocycles. The van der Waals surface area contributed by atoms with E-state index in [1.54, 1.807) is 6.26 Å². The van der Waals surface area contributed by atoms with Crippen LogP contribution in [0.3, 0.4) is 0 Å². The van der Waals surface area contributed by atoms with Crippen molar-refractivity contribution in [2.75, 3.05) is 0 Å². The molecule has 0 unspecified atom stereocenters. The monoisotopic (exact) mass is 302 g/mol. The summed E-state index contributed by atoms with van der Waals surface area (Å²) in [6, 6.07) is 15.3. The molecule has 2 nitrogen and oxygen atoms in total. The van der Waals surface area contributed by atoms with Gasteiger partial charge in [0.25, 0.3) is 0 Å². The minimum atomic E-state index is 0.937. The van der Waals surface area contributed by atoms with E-state index in [1.165, 1.54) is 38.9 Å². The number of hydrogen-bond donors (Lipinski definition) is 0. The molecular formula is C21H20NO+. The Morgan fingerprint density at radius 2 is 1.70 bits per heavy atom. The van der Waals surface area contributed by atoms with Crippen molar-refractivity contribution in [3.8, 4) is 11.3 Å². The summed E-state index contributed by atoms with van der Waals surface area (Å²) in [5.41, 5.74) is 7.21. The third-order valence-electron chi connectivity index (χ3n) is 4.75. The van der Waals surface area contributed by atoms with Crippen molar-refractivity contribution in [3.05, 3.63) is 65.5 Å². The molecule has 2 aromatic heterocycles. The summed E-state index contributed by atoms with van der Waals surface area (Å²) in [6.07, 6.45) is 1.76. The number of nitrogens with zero attached hydrogens (tertiary/aromatic N) is 1. The Kier molecular flexibility index (Phi) is 3.02. The SMILES string of the molecule is Cc1ccc2c(-c3cc4occc4cc3C)[n+](C)c(C)cc2c1. The number of rotatable bonds is 1. The fraction of sp³-hybridized carbons (Fsp3) is 0.190. The smallest absolute Gasteiger partial charge is 0.220 e. The number of hydrogen-bond acceptors (Lipinski definition) is 1. The van der Waals surface area contributed by atoms with Gasteiger partial charge < -0.3 is 4.42 Å². The topological polar surface area (TPSA) is 17.0 Å². The fourth-order valence-electron chi connectivity index (χ4n) is 3.40. The van der Waals surface area contributed by atoms with Crippen LogP contribution in [-0.4, -0.2) is 0 Å². The maximum absolute atomic E-state index is 5.63. The molecule has 0 atom stereocenters. The highest BCUT2D eigenvalue weighted by Gasteiger charge is 2.20. The number of furan rings is 1. The largest absolute Gasteiger partial charge is 0.464 e. The standard InChI is InChI=1S/C21H20NO/c1-13-5-6-18-17(9-13)11-15(3)22(4)21(18)19-12-20-16(7-8-23-20)10-14(19)2/h5-12H,1-4H3/q+1. The van der Waals surface area contributed by atoms with Gasteiger partial charge in [-0.25, -0.2) is 0 Å². The van der Waals surface area contributed by atoms with Crippen molar-refractivity contribution in [1.82, 2.24) is 0 Å². The van der Waals surface area contributed by atoms with Crippen molar-refractivity contribution < 1.29 is 8.98 Å². The van der Waals surface area contributed by atoms with Gasteiger partial charge in [-0.2, -0.15) is 4.57 Å². The highest BCUT2D eigenvalue weighted by atomic mass is 16.3. The van der Waals surface area contributed by atoms with Gasteiger partial charge in [-0.05, 0) is 49.1 Å². The summed E-state index contributed by atoms with van der Waals surface area (Å²) in [6.45, 7) is 6.47. The lowest BCUT2D eigenvalue weighted by atomic mass is 9.97. The molecule has 0 aliphatic carbocycles. The Morgan fingerprint density at radius 3 is 2.52 bits per heavy atom. The van der Waals surface area contributed by atoms with E-state index in [0.29, 0.717) is 0 Å². The molecule has 0 aliphatic rings. The molecule has 0 saturated carbocycles. The van der Waals surface area contributed by atoms with Crippen LogP contribution in [0.25, 0.3) is 33.0 Å². The molecular weight excluding hydrogens is 282 g/mol. The molecule has 23 heavy (non-hydrogen) atoms. The first kappa shape index (κ1) is 14.0. The van der Waals surface area contributed by atoms with E-state index >= 15 is 0 Å². The van der Waals surface area contributed by atoms with E-state index in [9.17, 15) is 0 Å². The van der Waals surface area contributed by atoms with Crippen molar-refractivity contribution >= 4 is 21.7 Å². The van der Waals surface area contributed by atoms with Crippen LogP contribution in [0.2, 0.25) is 0 Å². The van der Waals surface area contributed by atoms with Gasteiger partial charge in [0.1, 0.15) is 12.6 Å². The fourth-order valence-corrected chi connectivity index (χ4v) is 3.40.